The van der Waals surface area contributed by atoms with Gasteiger partial charge >= 0.3 is 6.18 Å². The minimum Gasteiger partial charge on any atom is -0.324 e. The Morgan fingerprint density at radius 3 is 2.78 bits per heavy atom. The molecule has 0 fully saturated rings. The molecule has 0 unspecified atom stereocenters. The van der Waals surface area contributed by atoms with E-state index in [0.717, 1.165) is 47.9 Å². The molecule has 0 saturated carbocycles. The second kappa shape index (κ2) is 6.02. The highest BCUT2D eigenvalue weighted by atomic mass is 19.4. The molecule has 0 bridgehead atoms. The summed E-state index contributed by atoms with van der Waals surface area (Å²) < 4.78 is 38.2. The molecule has 0 saturated heterocycles. The molecule has 0 atom stereocenters. The number of hydrogen-bond donors (Lipinski definition) is 1. The number of aromatic nitrogens is 3. The van der Waals surface area contributed by atoms with Gasteiger partial charge in [0, 0.05) is 5.69 Å². The van der Waals surface area contributed by atoms with Gasteiger partial charge in [0.25, 0.3) is 5.82 Å². The van der Waals surface area contributed by atoms with Crippen molar-refractivity contribution in [2.75, 3.05) is 5.32 Å². The maximum atomic E-state index is 12.4. The first-order valence-corrected chi connectivity index (χ1v) is 7.31. The van der Waals surface area contributed by atoms with Crippen molar-refractivity contribution in [2.24, 2.45) is 0 Å². The molecule has 2 aromatic rings. The number of nitrogens with one attached hydrogen (secondary N) is 1. The van der Waals surface area contributed by atoms with Gasteiger partial charge in [-0.25, -0.2) is 9.67 Å². The number of anilines is 1. The van der Waals surface area contributed by atoms with E-state index in [1.54, 1.807) is 0 Å². The van der Waals surface area contributed by atoms with Crippen molar-refractivity contribution in [3.8, 4) is 0 Å². The van der Waals surface area contributed by atoms with Crippen LogP contribution in [0.25, 0.3) is 0 Å². The second-order valence-electron chi connectivity index (χ2n) is 5.46. The summed E-state index contributed by atoms with van der Waals surface area (Å²) in [5, 5.41) is 6.03. The summed E-state index contributed by atoms with van der Waals surface area (Å²) in [5.41, 5.74) is 3.05. The van der Waals surface area contributed by atoms with Crippen LogP contribution in [0.15, 0.2) is 24.5 Å². The molecule has 23 heavy (non-hydrogen) atoms. The van der Waals surface area contributed by atoms with E-state index in [4.69, 9.17) is 0 Å². The summed E-state index contributed by atoms with van der Waals surface area (Å²) >= 11 is 0. The molecule has 0 aliphatic heterocycles. The SMILES string of the molecule is O=C(Cn1cnc(C(F)(F)F)n1)Nc1cccc2c1CCCC2. The van der Waals surface area contributed by atoms with Gasteiger partial charge in [0.2, 0.25) is 5.91 Å². The topological polar surface area (TPSA) is 59.8 Å². The zero-order chi connectivity index (χ0) is 16.4. The normalized spacial score (nSPS) is 14.4. The van der Waals surface area contributed by atoms with Crippen LogP contribution in [0.2, 0.25) is 0 Å². The van der Waals surface area contributed by atoms with Gasteiger partial charge in [-0.1, -0.05) is 12.1 Å². The Balaban J connectivity index is 1.69. The molecule has 122 valence electrons. The Kier molecular flexibility index (Phi) is 4.06. The fraction of sp³-hybridized carbons (Fsp3) is 0.400. The Hall–Kier alpha value is -2.38. The smallest absolute Gasteiger partial charge is 0.324 e. The van der Waals surface area contributed by atoms with Crippen molar-refractivity contribution in [1.82, 2.24) is 14.8 Å². The van der Waals surface area contributed by atoms with Gasteiger partial charge in [0.15, 0.2) is 0 Å². The van der Waals surface area contributed by atoms with Gasteiger partial charge in [0.1, 0.15) is 12.9 Å². The van der Waals surface area contributed by atoms with Crippen LogP contribution in [0.3, 0.4) is 0 Å². The minimum atomic E-state index is -4.61. The predicted molar refractivity (Wildman–Crippen MR) is 76.7 cm³/mol. The Bertz CT molecular complexity index is 724. The Morgan fingerprint density at radius 2 is 2.04 bits per heavy atom. The summed E-state index contributed by atoms with van der Waals surface area (Å²) in [6.45, 7) is -0.313. The third kappa shape index (κ3) is 3.52. The highest BCUT2D eigenvalue weighted by molar-refractivity contribution is 5.91. The zero-order valence-corrected chi connectivity index (χ0v) is 12.2. The van der Waals surface area contributed by atoms with Gasteiger partial charge in [-0.15, -0.1) is 5.10 Å². The fourth-order valence-corrected chi connectivity index (χ4v) is 2.74. The summed E-state index contributed by atoms with van der Waals surface area (Å²) in [7, 11) is 0. The number of rotatable bonds is 3. The van der Waals surface area contributed by atoms with Crippen molar-refractivity contribution in [3.05, 3.63) is 41.5 Å². The largest absolute Gasteiger partial charge is 0.453 e. The van der Waals surface area contributed by atoms with Crippen LogP contribution in [0.1, 0.15) is 29.8 Å². The van der Waals surface area contributed by atoms with Gasteiger partial charge < -0.3 is 5.32 Å². The lowest BCUT2D eigenvalue weighted by Crippen LogP contribution is -2.21. The molecular formula is C15H15F3N4O. The van der Waals surface area contributed by atoms with Crippen molar-refractivity contribution in [1.29, 1.82) is 0 Å². The van der Waals surface area contributed by atoms with Crippen LogP contribution in [-0.2, 0) is 30.4 Å². The van der Waals surface area contributed by atoms with Gasteiger partial charge in [-0.2, -0.15) is 13.2 Å². The molecule has 1 aliphatic rings. The van der Waals surface area contributed by atoms with Crippen LogP contribution >= 0.6 is 0 Å². The van der Waals surface area contributed by atoms with Gasteiger partial charge in [0.05, 0.1) is 0 Å². The third-order valence-corrected chi connectivity index (χ3v) is 3.77. The zero-order valence-electron chi connectivity index (χ0n) is 12.2. The van der Waals surface area contributed by atoms with E-state index in [0.29, 0.717) is 0 Å². The maximum absolute atomic E-state index is 12.4. The Morgan fingerprint density at radius 1 is 1.26 bits per heavy atom. The van der Waals surface area contributed by atoms with Crippen LogP contribution < -0.4 is 5.32 Å². The number of nitrogens with zero attached hydrogens (tertiary/aromatic N) is 3. The van der Waals surface area contributed by atoms with Gasteiger partial charge in [-0.3, -0.25) is 4.79 Å². The molecule has 1 aromatic carbocycles. The van der Waals surface area contributed by atoms with Crippen molar-refractivity contribution >= 4 is 11.6 Å². The average molecular weight is 324 g/mol. The first-order chi connectivity index (χ1) is 10.9. The summed E-state index contributed by atoms with van der Waals surface area (Å²) in [4.78, 5) is 15.2. The van der Waals surface area contributed by atoms with E-state index in [1.807, 2.05) is 18.2 Å². The standard InChI is InChI=1S/C15H15F3N4O/c16-15(17,18)14-19-9-22(21-14)8-13(23)20-12-7-3-5-10-4-1-2-6-11(10)12/h3,5,7,9H,1-2,4,6,8H2,(H,20,23). The number of fused-ring (bicyclic) bond motifs is 1. The highest BCUT2D eigenvalue weighted by Gasteiger charge is 2.35. The van der Waals surface area contributed by atoms with E-state index in [1.165, 1.54) is 5.56 Å². The van der Waals surface area contributed by atoms with Crippen LogP contribution in [0.5, 0.6) is 0 Å². The van der Waals surface area contributed by atoms with Crippen molar-refractivity contribution in [2.45, 2.75) is 38.4 Å². The number of amides is 1. The van der Waals surface area contributed by atoms with Crippen molar-refractivity contribution in [3.63, 3.8) is 0 Å². The van der Waals surface area contributed by atoms with E-state index in [2.05, 4.69) is 15.4 Å². The number of alkyl halides is 3. The predicted octanol–water partition coefficient (Wildman–Crippen LogP) is 2.81. The van der Waals surface area contributed by atoms with Crippen LogP contribution in [-0.4, -0.2) is 20.7 Å². The summed E-state index contributed by atoms with van der Waals surface area (Å²) in [6.07, 6.45) is 0.370. The van der Waals surface area contributed by atoms with Crippen molar-refractivity contribution < 1.29 is 18.0 Å². The van der Waals surface area contributed by atoms with E-state index >= 15 is 0 Å². The lowest BCUT2D eigenvalue weighted by atomic mass is 9.90. The first kappa shape index (κ1) is 15.5. The Labute approximate surface area is 130 Å². The number of halogens is 3. The lowest BCUT2D eigenvalue weighted by molar-refractivity contribution is -0.145. The summed E-state index contributed by atoms with van der Waals surface area (Å²) in [5.74, 6) is -1.68. The average Bonchev–Trinajstić information content (AvgIpc) is 2.96. The maximum Gasteiger partial charge on any atom is 0.453 e. The van der Waals surface area contributed by atoms with E-state index in [-0.39, 0.29) is 6.54 Å². The van der Waals surface area contributed by atoms with E-state index in [9.17, 15) is 18.0 Å². The number of hydrogen-bond acceptors (Lipinski definition) is 3. The first-order valence-electron chi connectivity index (χ1n) is 7.31. The minimum absolute atomic E-state index is 0.313. The summed E-state index contributed by atoms with van der Waals surface area (Å²) in [6, 6.07) is 5.72. The molecule has 8 heteroatoms. The lowest BCUT2D eigenvalue weighted by Gasteiger charge is -2.19. The quantitative estimate of drug-likeness (QED) is 0.944. The second-order valence-corrected chi connectivity index (χ2v) is 5.46. The molecule has 1 N–H and O–H groups in total. The molecular weight excluding hydrogens is 309 g/mol. The third-order valence-electron chi connectivity index (χ3n) is 3.77. The number of benzene rings is 1. The van der Waals surface area contributed by atoms with E-state index < -0.39 is 17.9 Å². The monoisotopic (exact) mass is 324 g/mol. The number of aryl methyl sites for hydroxylation is 1. The molecule has 0 radical (unpaired) electrons. The molecule has 1 aromatic heterocycles. The van der Waals surface area contributed by atoms with Crippen LogP contribution in [0, 0.1) is 0 Å². The van der Waals surface area contributed by atoms with Gasteiger partial charge in [-0.05, 0) is 42.9 Å². The molecule has 5 nitrogen and oxygen atoms in total. The highest BCUT2D eigenvalue weighted by Crippen LogP contribution is 2.28. The molecule has 1 amide bonds. The fourth-order valence-electron chi connectivity index (χ4n) is 2.74. The van der Waals surface area contributed by atoms with Crippen LogP contribution in [0.4, 0.5) is 18.9 Å². The molecule has 1 aliphatic carbocycles. The molecule has 1 heterocycles. The number of carbonyl (C=O) groups is 1. The molecule has 0 spiro atoms. The molecule has 3 rings (SSSR count). The number of carbonyl (C=O) groups excluding carboxylic acids is 1.